The highest BCUT2D eigenvalue weighted by Crippen LogP contribution is 2.02. The van der Waals surface area contributed by atoms with Gasteiger partial charge in [0.2, 0.25) is 0 Å². The van der Waals surface area contributed by atoms with E-state index in [0.29, 0.717) is 0 Å². The van der Waals surface area contributed by atoms with Crippen LogP contribution in [0, 0.1) is 0 Å². The molecule has 0 rings (SSSR count). The summed E-state index contributed by atoms with van der Waals surface area (Å²) < 4.78 is 0. The van der Waals surface area contributed by atoms with Gasteiger partial charge < -0.3 is 5.11 Å². The van der Waals surface area contributed by atoms with Gasteiger partial charge >= 0.3 is 0 Å². The molecule has 0 heterocycles. The molecule has 0 radical (unpaired) electrons. The van der Waals surface area contributed by atoms with E-state index in [4.69, 9.17) is 5.11 Å². The summed E-state index contributed by atoms with van der Waals surface area (Å²) in [6.07, 6.45) is 4.09. The lowest BCUT2D eigenvalue weighted by Gasteiger charge is -2.04. The standard InChI is InChI=1S/C7H16O.2CH4/c1-3-5-7(8)6-4-2;;/h7-8H,3-6H2,1-2H3;2*1H4. The molecule has 0 aliphatic heterocycles. The van der Waals surface area contributed by atoms with E-state index in [1.807, 2.05) is 0 Å². The summed E-state index contributed by atoms with van der Waals surface area (Å²) in [6.45, 7) is 4.19. The summed E-state index contributed by atoms with van der Waals surface area (Å²) in [5, 5.41) is 9.05. The van der Waals surface area contributed by atoms with Crippen LogP contribution >= 0.6 is 0 Å². The van der Waals surface area contributed by atoms with Crippen LogP contribution < -0.4 is 0 Å². The molecule has 0 aromatic rings. The summed E-state index contributed by atoms with van der Waals surface area (Å²) in [5.74, 6) is 0. The molecule has 0 aliphatic carbocycles. The van der Waals surface area contributed by atoms with Gasteiger partial charge in [-0.1, -0.05) is 41.5 Å². The van der Waals surface area contributed by atoms with Crippen molar-refractivity contribution in [3.63, 3.8) is 0 Å². The molecule has 66 valence electrons. The third-order valence-corrected chi connectivity index (χ3v) is 1.24. The first-order chi connectivity index (χ1) is 3.81. The number of aliphatic hydroxyl groups excluding tert-OH is 1. The topological polar surface area (TPSA) is 20.2 Å². The van der Waals surface area contributed by atoms with Gasteiger partial charge in [0.15, 0.2) is 0 Å². The maximum atomic E-state index is 9.05. The molecule has 0 saturated heterocycles. The predicted octanol–water partition coefficient (Wildman–Crippen LogP) is 3.22. The smallest absolute Gasteiger partial charge is 0.0540 e. The van der Waals surface area contributed by atoms with Crippen LogP contribution in [-0.2, 0) is 0 Å². The first-order valence-electron chi connectivity index (χ1n) is 3.49. The molecule has 0 aromatic carbocycles. The number of aliphatic hydroxyl groups is 1. The Bertz CT molecular complexity index is 38.0. The van der Waals surface area contributed by atoms with E-state index in [0.717, 1.165) is 25.7 Å². The van der Waals surface area contributed by atoms with Crippen LogP contribution in [0.2, 0.25) is 0 Å². The molecule has 0 saturated carbocycles. The molecule has 0 aliphatic rings. The van der Waals surface area contributed by atoms with Gasteiger partial charge in [-0.2, -0.15) is 0 Å². The van der Waals surface area contributed by atoms with Crippen molar-refractivity contribution in [2.24, 2.45) is 0 Å². The Labute approximate surface area is 66.5 Å². The van der Waals surface area contributed by atoms with Crippen molar-refractivity contribution in [2.75, 3.05) is 0 Å². The lowest BCUT2D eigenvalue weighted by atomic mass is 10.1. The molecule has 1 N–H and O–H groups in total. The normalized spacial score (nSPS) is 8.40. The summed E-state index contributed by atoms with van der Waals surface area (Å²) >= 11 is 0. The number of hydrogen-bond acceptors (Lipinski definition) is 1. The van der Waals surface area contributed by atoms with Gasteiger partial charge in [0.25, 0.3) is 0 Å². The first-order valence-corrected chi connectivity index (χ1v) is 3.49. The molecule has 1 nitrogen and oxygen atoms in total. The van der Waals surface area contributed by atoms with E-state index in [1.54, 1.807) is 0 Å². The maximum absolute atomic E-state index is 9.05. The van der Waals surface area contributed by atoms with Crippen LogP contribution in [0.3, 0.4) is 0 Å². The van der Waals surface area contributed by atoms with Crippen LogP contribution in [-0.4, -0.2) is 11.2 Å². The highest BCUT2D eigenvalue weighted by molar-refractivity contribution is 4.51. The summed E-state index contributed by atoms with van der Waals surface area (Å²) in [4.78, 5) is 0. The molecular weight excluding hydrogens is 124 g/mol. The van der Waals surface area contributed by atoms with Crippen molar-refractivity contribution in [3.05, 3.63) is 0 Å². The fourth-order valence-corrected chi connectivity index (χ4v) is 0.811. The minimum Gasteiger partial charge on any atom is -0.393 e. The average molecular weight is 148 g/mol. The molecule has 0 aromatic heterocycles. The SMILES string of the molecule is C.C.CCCC(O)CCC. The van der Waals surface area contributed by atoms with Crippen LogP contribution in [0.15, 0.2) is 0 Å². The molecule has 0 bridgehead atoms. The van der Waals surface area contributed by atoms with E-state index in [-0.39, 0.29) is 21.0 Å². The van der Waals surface area contributed by atoms with E-state index in [1.165, 1.54) is 0 Å². The van der Waals surface area contributed by atoms with Crippen LogP contribution in [0.4, 0.5) is 0 Å². The molecule has 0 unspecified atom stereocenters. The van der Waals surface area contributed by atoms with Crippen molar-refractivity contribution in [1.29, 1.82) is 0 Å². The lowest BCUT2D eigenvalue weighted by molar-refractivity contribution is 0.153. The lowest BCUT2D eigenvalue weighted by Crippen LogP contribution is -2.03. The first kappa shape index (κ1) is 16.5. The largest absolute Gasteiger partial charge is 0.393 e. The quantitative estimate of drug-likeness (QED) is 0.649. The summed E-state index contributed by atoms with van der Waals surface area (Å²) in [6, 6.07) is 0. The number of hydrogen-bond donors (Lipinski definition) is 1. The Kier molecular flexibility index (Phi) is 19.3. The second kappa shape index (κ2) is 11.7. The Hall–Kier alpha value is -0.0400. The monoisotopic (exact) mass is 148 g/mol. The Balaban J connectivity index is -0.000000245. The van der Waals surface area contributed by atoms with Crippen molar-refractivity contribution < 1.29 is 5.11 Å². The zero-order valence-corrected chi connectivity index (χ0v) is 5.85. The molecule has 1 heteroatoms. The van der Waals surface area contributed by atoms with Gasteiger partial charge in [-0.15, -0.1) is 0 Å². The van der Waals surface area contributed by atoms with E-state index < -0.39 is 0 Å². The van der Waals surface area contributed by atoms with Gasteiger partial charge in [0, 0.05) is 0 Å². The summed E-state index contributed by atoms with van der Waals surface area (Å²) in [5.41, 5.74) is 0. The third kappa shape index (κ3) is 10.9. The molecule has 0 atom stereocenters. The zero-order chi connectivity index (χ0) is 6.41. The van der Waals surface area contributed by atoms with E-state index in [9.17, 15) is 0 Å². The predicted molar refractivity (Wildman–Crippen MR) is 49.3 cm³/mol. The molecule has 0 amide bonds. The maximum Gasteiger partial charge on any atom is 0.0540 e. The fraction of sp³-hybridized carbons (Fsp3) is 1.00. The Morgan fingerprint density at radius 2 is 1.30 bits per heavy atom. The van der Waals surface area contributed by atoms with E-state index in [2.05, 4.69) is 13.8 Å². The minimum absolute atomic E-state index is 0. The molecule has 10 heavy (non-hydrogen) atoms. The second-order valence-electron chi connectivity index (χ2n) is 2.23. The van der Waals surface area contributed by atoms with Crippen LogP contribution in [0.5, 0.6) is 0 Å². The van der Waals surface area contributed by atoms with Crippen molar-refractivity contribution in [3.8, 4) is 0 Å². The van der Waals surface area contributed by atoms with Gasteiger partial charge in [0.1, 0.15) is 0 Å². The molecule has 0 spiro atoms. The third-order valence-electron chi connectivity index (χ3n) is 1.24. The van der Waals surface area contributed by atoms with Gasteiger partial charge in [-0.05, 0) is 12.8 Å². The fourth-order valence-electron chi connectivity index (χ4n) is 0.811. The van der Waals surface area contributed by atoms with E-state index >= 15 is 0 Å². The Morgan fingerprint density at radius 1 is 1.00 bits per heavy atom. The zero-order valence-electron chi connectivity index (χ0n) is 5.85. The highest BCUT2D eigenvalue weighted by atomic mass is 16.3. The number of rotatable bonds is 4. The van der Waals surface area contributed by atoms with Crippen LogP contribution in [0.1, 0.15) is 54.4 Å². The molecule has 0 fully saturated rings. The van der Waals surface area contributed by atoms with Gasteiger partial charge in [-0.25, -0.2) is 0 Å². The Morgan fingerprint density at radius 3 is 1.50 bits per heavy atom. The summed E-state index contributed by atoms with van der Waals surface area (Å²) in [7, 11) is 0. The van der Waals surface area contributed by atoms with Crippen molar-refractivity contribution in [1.82, 2.24) is 0 Å². The highest BCUT2D eigenvalue weighted by Gasteiger charge is 1.97. The van der Waals surface area contributed by atoms with Gasteiger partial charge in [-0.3, -0.25) is 0 Å². The van der Waals surface area contributed by atoms with Crippen molar-refractivity contribution in [2.45, 2.75) is 60.5 Å². The van der Waals surface area contributed by atoms with Gasteiger partial charge in [0.05, 0.1) is 6.10 Å². The minimum atomic E-state index is -0.0370. The van der Waals surface area contributed by atoms with Crippen LogP contribution in [0.25, 0.3) is 0 Å². The van der Waals surface area contributed by atoms with Crippen molar-refractivity contribution >= 4 is 0 Å². The average Bonchev–Trinajstić information content (AvgIpc) is 1.68. The second-order valence-corrected chi connectivity index (χ2v) is 2.23. The molecular formula is C9H24O.